The van der Waals surface area contributed by atoms with Gasteiger partial charge < -0.3 is 5.32 Å². The Bertz CT molecular complexity index is 231. The molecule has 1 nitrogen and oxygen atoms in total. The molecule has 1 N–H and O–H groups in total. The second-order valence-electron chi connectivity index (χ2n) is 3.46. The van der Waals surface area contributed by atoms with E-state index in [0.717, 1.165) is 19.0 Å². The first-order valence-electron chi connectivity index (χ1n) is 4.72. The molecule has 0 saturated heterocycles. The molecule has 0 aliphatic heterocycles. The van der Waals surface area contributed by atoms with Gasteiger partial charge in [-0.2, -0.15) is 0 Å². The lowest BCUT2D eigenvalue weighted by atomic mass is 10.1. The zero-order chi connectivity index (χ0) is 8.23. The highest BCUT2D eigenvalue weighted by Crippen LogP contribution is 2.18. The second-order valence-corrected chi connectivity index (χ2v) is 3.46. The summed E-state index contributed by atoms with van der Waals surface area (Å²) in [7, 11) is 0. The number of halogens is 1. The maximum Gasteiger partial charge on any atom is 0.00683 e. The topological polar surface area (TPSA) is 12.0 Å². The minimum atomic E-state index is 0. The summed E-state index contributed by atoms with van der Waals surface area (Å²) in [6, 6.07) is 11.5. The first-order valence-corrected chi connectivity index (χ1v) is 4.72. The Kier molecular flexibility index (Phi) is 4.26. The smallest absolute Gasteiger partial charge is 0.00683 e. The van der Waals surface area contributed by atoms with Gasteiger partial charge in [-0.25, -0.2) is 0 Å². The summed E-state index contributed by atoms with van der Waals surface area (Å²) in [5.74, 6) is 0. The lowest BCUT2D eigenvalue weighted by Crippen LogP contribution is -2.19. The Morgan fingerprint density at radius 3 is 2.46 bits per heavy atom. The van der Waals surface area contributed by atoms with E-state index in [1.54, 1.807) is 0 Å². The highest BCUT2D eigenvalue weighted by atomic mass is 35.5. The molecule has 1 aromatic carbocycles. The van der Waals surface area contributed by atoms with Crippen LogP contribution in [0.15, 0.2) is 30.3 Å². The van der Waals surface area contributed by atoms with Crippen molar-refractivity contribution in [3.63, 3.8) is 0 Å². The van der Waals surface area contributed by atoms with E-state index in [-0.39, 0.29) is 12.4 Å². The Balaban J connectivity index is 0.000000845. The zero-order valence-electron chi connectivity index (χ0n) is 7.70. The van der Waals surface area contributed by atoms with Crippen molar-refractivity contribution < 1.29 is 0 Å². The van der Waals surface area contributed by atoms with Crippen LogP contribution in [0.1, 0.15) is 18.4 Å². The number of rotatable bonds is 4. The minimum absolute atomic E-state index is 0. The predicted molar refractivity (Wildman–Crippen MR) is 58.4 cm³/mol. The molecule has 0 unspecified atom stereocenters. The van der Waals surface area contributed by atoms with Gasteiger partial charge in [-0.1, -0.05) is 30.3 Å². The Morgan fingerprint density at radius 1 is 1.15 bits per heavy atom. The van der Waals surface area contributed by atoms with E-state index in [1.165, 1.54) is 18.4 Å². The van der Waals surface area contributed by atoms with Crippen LogP contribution in [-0.2, 0) is 6.42 Å². The van der Waals surface area contributed by atoms with Crippen LogP contribution in [0.25, 0.3) is 0 Å². The number of benzene rings is 1. The fourth-order valence-electron chi connectivity index (χ4n) is 1.35. The van der Waals surface area contributed by atoms with Crippen LogP contribution >= 0.6 is 12.4 Å². The molecule has 1 saturated carbocycles. The molecular weight excluding hydrogens is 182 g/mol. The van der Waals surface area contributed by atoms with Gasteiger partial charge in [-0.3, -0.25) is 0 Å². The van der Waals surface area contributed by atoms with Crippen molar-refractivity contribution in [2.24, 2.45) is 0 Å². The van der Waals surface area contributed by atoms with Crippen LogP contribution in [0, 0.1) is 0 Å². The SMILES string of the molecule is Cl.c1ccc(CCNC2CC2)cc1. The van der Waals surface area contributed by atoms with Gasteiger partial charge in [-0.15, -0.1) is 12.4 Å². The maximum absolute atomic E-state index is 3.51. The summed E-state index contributed by atoms with van der Waals surface area (Å²) in [4.78, 5) is 0. The summed E-state index contributed by atoms with van der Waals surface area (Å²) >= 11 is 0. The summed E-state index contributed by atoms with van der Waals surface area (Å²) in [6.07, 6.45) is 3.93. The highest BCUT2D eigenvalue weighted by Gasteiger charge is 2.19. The van der Waals surface area contributed by atoms with Gasteiger partial charge in [0, 0.05) is 6.04 Å². The van der Waals surface area contributed by atoms with Crippen LogP contribution in [-0.4, -0.2) is 12.6 Å². The van der Waals surface area contributed by atoms with Gasteiger partial charge in [0.25, 0.3) is 0 Å². The monoisotopic (exact) mass is 197 g/mol. The predicted octanol–water partition coefficient (Wildman–Crippen LogP) is 2.40. The summed E-state index contributed by atoms with van der Waals surface area (Å²) in [5.41, 5.74) is 1.44. The third kappa shape index (κ3) is 3.79. The fraction of sp³-hybridized carbons (Fsp3) is 0.455. The molecule has 1 aliphatic carbocycles. The normalized spacial score (nSPS) is 15.1. The third-order valence-corrected chi connectivity index (χ3v) is 2.27. The molecule has 0 spiro atoms. The quantitative estimate of drug-likeness (QED) is 0.782. The number of nitrogens with one attached hydrogen (secondary N) is 1. The van der Waals surface area contributed by atoms with Gasteiger partial charge in [0.05, 0.1) is 0 Å². The highest BCUT2D eigenvalue weighted by molar-refractivity contribution is 5.85. The molecule has 2 rings (SSSR count). The van der Waals surface area contributed by atoms with Crippen molar-refractivity contribution in [1.29, 1.82) is 0 Å². The number of hydrogen-bond acceptors (Lipinski definition) is 1. The Morgan fingerprint density at radius 2 is 1.85 bits per heavy atom. The van der Waals surface area contributed by atoms with Crippen LogP contribution in [0.5, 0.6) is 0 Å². The molecule has 1 aliphatic rings. The average Bonchev–Trinajstić information content (AvgIpc) is 2.90. The molecule has 1 aromatic rings. The lowest BCUT2D eigenvalue weighted by molar-refractivity contribution is 0.682. The van der Waals surface area contributed by atoms with Crippen molar-refractivity contribution in [3.8, 4) is 0 Å². The van der Waals surface area contributed by atoms with Gasteiger partial charge in [0.1, 0.15) is 0 Å². The van der Waals surface area contributed by atoms with Crippen molar-refractivity contribution >= 4 is 12.4 Å². The number of hydrogen-bond donors (Lipinski definition) is 1. The summed E-state index contributed by atoms with van der Waals surface area (Å²) < 4.78 is 0. The van der Waals surface area contributed by atoms with Gasteiger partial charge in [0.2, 0.25) is 0 Å². The molecule has 0 radical (unpaired) electrons. The van der Waals surface area contributed by atoms with Crippen molar-refractivity contribution in [1.82, 2.24) is 5.32 Å². The standard InChI is InChI=1S/C11H15N.ClH/c1-2-4-10(5-3-1)8-9-12-11-6-7-11;/h1-5,11-12H,6-9H2;1H. The molecule has 0 bridgehead atoms. The van der Waals surface area contributed by atoms with E-state index in [9.17, 15) is 0 Å². The molecule has 1 fully saturated rings. The van der Waals surface area contributed by atoms with E-state index in [1.807, 2.05) is 0 Å². The lowest BCUT2D eigenvalue weighted by Gasteiger charge is -2.01. The first-order chi connectivity index (χ1) is 5.95. The molecule has 0 atom stereocenters. The second kappa shape index (κ2) is 5.25. The van der Waals surface area contributed by atoms with E-state index in [2.05, 4.69) is 35.6 Å². The molecule has 0 heterocycles. The van der Waals surface area contributed by atoms with Gasteiger partial charge in [-0.05, 0) is 31.4 Å². The average molecular weight is 198 g/mol. The summed E-state index contributed by atoms with van der Waals surface area (Å²) in [5, 5.41) is 3.51. The summed E-state index contributed by atoms with van der Waals surface area (Å²) in [6.45, 7) is 1.13. The molecule has 72 valence electrons. The molecule has 0 aromatic heterocycles. The van der Waals surface area contributed by atoms with Gasteiger partial charge >= 0.3 is 0 Å². The largest absolute Gasteiger partial charge is 0.314 e. The van der Waals surface area contributed by atoms with E-state index in [4.69, 9.17) is 0 Å². The molecule has 0 amide bonds. The molecule has 13 heavy (non-hydrogen) atoms. The fourth-order valence-corrected chi connectivity index (χ4v) is 1.35. The zero-order valence-corrected chi connectivity index (χ0v) is 8.52. The van der Waals surface area contributed by atoms with E-state index < -0.39 is 0 Å². The van der Waals surface area contributed by atoms with Crippen LogP contribution in [0.2, 0.25) is 0 Å². The molecule has 2 heteroatoms. The molecular formula is C11H16ClN. The van der Waals surface area contributed by atoms with Crippen molar-refractivity contribution in [3.05, 3.63) is 35.9 Å². The Labute approximate surface area is 86.0 Å². The minimum Gasteiger partial charge on any atom is -0.314 e. The van der Waals surface area contributed by atoms with Crippen molar-refractivity contribution in [2.75, 3.05) is 6.54 Å². The van der Waals surface area contributed by atoms with Crippen LogP contribution < -0.4 is 5.32 Å². The van der Waals surface area contributed by atoms with Crippen LogP contribution in [0.3, 0.4) is 0 Å². The maximum atomic E-state index is 3.51. The Hall–Kier alpha value is -0.530. The first kappa shape index (κ1) is 10.6. The van der Waals surface area contributed by atoms with Gasteiger partial charge in [0.15, 0.2) is 0 Å². The van der Waals surface area contributed by atoms with Crippen molar-refractivity contribution in [2.45, 2.75) is 25.3 Å². The van der Waals surface area contributed by atoms with E-state index >= 15 is 0 Å². The van der Waals surface area contributed by atoms with Crippen LogP contribution in [0.4, 0.5) is 0 Å². The van der Waals surface area contributed by atoms with E-state index in [0.29, 0.717) is 0 Å². The third-order valence-electron chi connectivity index (χ3n) is 2.27.